The minimum atomic E-state index is -0.222. The molecule has 1 aromatic heterocycles. The van der Waals surface area contributed by atoms with Gasteiger partial charge in [0.05, 0.1) is 0 Å². The van der Waals surface area contributed by atoms with Gasteiger partial charge in [-0.05, 0) is 43.4 Å². The molecule has 20 heavy (non-hydrogen) atoms. The van der Waals surface area contributed by atoms with Gasteiger partial charge in [0.2, 0.25) is 0 Å². The fourth-order valence-electron chi connectivity index (χ4n) is 2.11. The van der Waals surface area contributed by atoms with Gasteiger partial charge in [-0.15, -0.1) is 0 Å². The summed E-state index contributed by atoms with van der Waals surface area (Å²) < 4.78 is 11.1. The van der Waals surface area contributed by atoms with Gasteiger partial charge in [0, 0.05) is 5.92 Å². The Labute approximate surface area is 119 Å². The van der Waals surface area contributed by atoms with E-state index >= 15 is 0 Å². The molecule has 1 aromatic carbocycles. The number of ether oxygens (including phenoxy) is 1. The van der Waals surface area contributed by atoms with E-state index in [1.165, 1.54) is 18.4 Å². The normalized spacial score (nSPS) is 16.4. The molecule has 1 atom stereocenters. The van der Waals surface area contributed by atoms with Crippen LogP contribution in [0.5, 0.6) is 5.75 Å². The standard InChI is InChI=1S/C16H20N2O2/c1-10(2)12-6-8-14(9-7-12)19-11(3)16-17-15(18-20-16)13-4-5-13/h6-11,13H,4-5H2,1-3H3/t11-/m0/s1. The van der Waals surface area contributed by atoms with Gasteiger partial charge in [0.1, 0.15) is 5.75 Å². The van der Waals surface area contributed by atoms with E-state index in [9.17, 15) is 0 Å². The van der Waals surface area contributed by atoms with Gasteiger partial charge in [-0.3, -0.25) is 0 Å². The largest absolute Gasteiger partial charge is 0.481 e. The van der Waals surface area contributed by atoms with Crippen molar-refractivity contribution < 1.29 is 9.26 Å². The maximum atomic E-state index is 5.85. The molecule has 0 amide bonds. The van der Waals surface area contributed by atoms with E-state index in [-0.39, 0.29) is 6.10 Å². The van der Waals surface area contributed by atoms with Crippen LogP contribution in [0.15, 0.2) is 28.8 Å². The topological polar surface area (TPSA) is 48.2 Å². The Morgan fingerprint density at radius 1 is 1.15 bits per heavy atom. The average molecular weight is 272 g/mol. The molecule has 0 radical (unpaired) electrons. The zero-order valence-corrected chi connectivity index (χ0v) is 12.2. The van der Waals surface area contributed by atoms with E-state index in [0.717, 1.165) is 11.6 Å². The Balaban J connectivity index is 1.66. The van der Waals surface area contributed by atoms with Crippen LogP contribution in [0.2, 0.25) is 0 Å². The van der Waals surface area contributed by atoms with Gasteiger partial charge in [-0.1, -0.05) is 31.1 Å². The number of hydrogen-bond donors (Lipinski definition) is 0. The summed E-state index contributed by atoms with van der Waals surface area (Å²) >= 11 is 0. The van der Waals surface area contributed by atoms with Crippen LogP contribution in [0, 0.1) is 0 Å². The van der Waals surface area contributed by atoms with Crippen LogP contribution in [0.1, 0.15) is 68.8 Å². The number of nitrogens with zero attached hydrogens (tertiary/aromatic N) is 2. The molecule has 0 unspecified atom stereocenters. The second-order valence-corrected chi connectivity index (χ2v) is 5.75. The van der Waals surface area contributed by atoms with Gasteiger partial charge in [-0.25, -0.2) is 0 Å². The van der Waals surface area contributed by atoms with E-state index < -0.39 is 0 Å². The zero-order chi connectivity index (χ0) is 14.1. The average Bonchev–Trinajstić information content (AvgIpc) is 3.17. The first-order valence-electron chi connectivity index (χ1n) is 7.23. The van der Waals surface area contributed by atoms with Gasteiger partial charge in [0.25, 0.3) is 5.89 Å². The molecule has 2 aromatic rings. The highest BCUT2D eigenvalue weighted by Gasteiger charge is 2.29. The second-order valence-electron chi connectivity index (χ2n) is 5.75. The summed E-state index contributed by atoms with van der Waals surface area (Å²) in [7, 11) is 0. The third-order valence-electron chi connectivity index (χ3n) is 3.61. The molecule has 1 fully saturated rings. The number of benzene rings is 1. The minimum absolute atomic E-state index is 0.222. The molecule has 106 valence electrons. The molecular weight excluding hydrogens is 252 g/mol. The molecule has 0 saturated heterocycles. The Morgan fingerprint density at radius 3 is 2.45 bits per heavy atom. The molecule has 3 rings (SSSR count). The second kappa shape index (κ2) is 5.27. The van der Waals surface area contributed by atoms with Crippen LogP contribution in [0.25, 0.3) is 0 Å². The quantitative estimate of drug-likeness (QED) is 0.818. The molecular formula is C16H20N2O2. The molecule has 1 heterocycles. The zero-order valence-electron chi connectivity index (χ0n) is 12.2. The fourth-order valence-corrected chi connectivity index (χ4v) is 2.11. The van der Waals surface area contributed by atoms with Crippen LogP contribution in [-0.2, 0) is 0 Å². The monoisotopic (exact) mass is 272 g/mol. The Kier molecular flexibility index (Phi) is 3.47. The molecule has 1 aliphatic carbocycles. The summed E-state index contributed by atoms with van der Waals surface area (Å²) in [6.45, 7) is 6.28. The van der Waals surface area contributed by atoms with Crippen LogP contribution in [0.4, 0.5) is 0 Å². The minimum Gasteiger partial charge on any atom is -0.481 e. The Bertz CT molecular complexity index is 570. The SMILES string of the molecule is CC(C)c1ccc(O[C@@H](C)c2nc(C3CC3)no2)cc1. The lowest BCUT2D eigenvalue weighted by molar-refractivity contribution is 0.175. The first-order chi connectivity index (χ1) is 9.63. The molecule has 0 N–H and O–H groups in total. The van der Waals surface area contributed by atoms with Crippen molar-refractivity contribution in [2.45, 2.75) is 51.6 Å². The number of aromatic nitrogens is 2. The maximum Gasteiger partial charge on any atom is 0.267 e. The Hall–Kier alpha value is -1.84. The summed E-state index contributed by atoms with van der Waals surface area (Å²) in [6.07, 6.45) is 2.12. The first kappa shape index (κ1) is 13.2. The maximum absolute atomic E-state index is 5.85. The van der Waals surface area contributed by atoms with Gasteiger partial charge < -0.3 is 9.26 Å². The molecule has 4 nitrogen and oxygen atoms in total. The van der Waals surface area contributed by atoms with Crippen molar-refractivity contribution in [2.24, 2.45) is 0 Å². The van der Waals surface area contributed by atoms with Crippen molar-refractivity contribution in [1.82, 2.24) is 10.1 Å². The molecule has 1 aliphatic rings. The molecule has 4 heteroatoms. The van der Waals surface area contributed by atoms with E-state index in [0.29, 0.717) is 17.7 Å². The highest BCUT2D eigenvalue weighted by atomic mass is 16.5. The highest BCUT2D eigenvalue weighted by molar-refractivity contribution is 5.29. The molecule has 0 spiro atoms. The van der Waals surface area contributed by atoms with E-state index in [1.807, 2.05) is 19.1 Å². The number of rotatable bonds is 5. The molecule has 0 aliphatic heterocycles. The van der Waals surface area contributed by atoms with Crippen molar-refractivity contribution in [3.63, 3.8) is 0 Å². The van der Waals surface area contributed by atoms with Crippen molar-refractivity contribution in [3.05, 3.63) is 41.5 Å². The van der Waals surface area contributed by atoms with Crippen molar-refractivity contribution >= 4 is 0 Å². The smallest absolute Gasteiger partial charge is 0.267 e. The first-order valence-corrected chi connectivity index (χ1v) is 7.23. The summed E-state index contributed by atoms with van der Waals surface area (Å²) in [5.41, 5.74) is 1.30. The van der Waals surface area contributed by atoms with Crippen LogP contribution in [-0.4, -0.2) is 10.1 Å². The predicted molar refractivity (Wildman–Crippen MR) is 75.8 cm³/mol. The van der Waals surface area contributed by atoms with Crippen molar-refractivity contribution in [1.29, 1.82) is 0 Å². The fraction of sp³-hybridized carbons (Fsp3) is 0.500. The van der Waals surface area contributed by atoms with Crippen LogP contribution < -0.4 is 4.74 Å². The molecule has 1 saturated carbocycles. The third kappa shape index (κ3) is 2.84. The summed E-state index contributed by atoms with van der Waals surface area (Å²) in [6, 6.07) is 8.17. The van der Waals surface area contributed by atoms with Gasteiger partial charge in [-0.2, -0.15) is 4.98 Å². The number of hydrogen-bond acceptors (Lipinski definition) is 4. The summed E-state index contributed by atoms with van der Waals surface area (Å²) in [5, 5.41) is 4.01. The summed E-state index contributed by atoms with van der Waals surface area (Å²) in [4.78, 5) is 4.41. The third-order valence-corrected chi connectivity index (χ3v) is 3.61. The molecule has 0 bridgehead atoms. The lowest BCUT2D eigenvalue weighted by Gasteiger charge is -2.12. The van der Waals surface area contributed by atoms with Crippen LogP contribution >= 0.6 is 0 Å². The Morgan fingerprint density at radius 2 is 1.85 bits per heavy atom. The predicted octanol–water partition coefficient (Wildman–Crippen LogP) is 4.21. The van der Waals surface area contributed by atoms with E-state index in [2.05, 4.69) is 36.1 Å². The van der Waals surface area contributed by atoms with E-state index in [4.69, 9.17) is 9.26 Å². The lowest BCUT2D eigenvalue weighted by Crippen LogP contribution is -2.03. The van der Waals surface area contributed by atoms with Gasteiger partial charge >= 0.3 is 0 Å². The highest BCUT2D eigenvalue weighted by Crippen LogP contribution is 2.38. The van der Waals surface area contributed by atoms with Crippen molar-refractivity contribution in [2.75, 3.05) is 0 Å². The van der Waals surface area contributed by atoms with Crippen molar-refractivity contribution in [3.8, 4) is 5.75 Å². The van der Waals surface area contributed by atoms with E-state index in [1.54, 1.807) is 0 Å². The van der Waals surface area contributed by atoms with Gasteiger partial charge in [0.15, 0.2) is 11.9 Å². The lowest BCUT2D eigenvalue weighted by atomic mass is 10.0. The van der Waals surface area contributed by atoms with Crippen LogP contribution in [0.3, 0.4) is 0 Å². The summed E-state index contributed by atoms with van der Waals surface area (Å²) in [5.74, 6) is 3.24.